The maximum absolute atomic E-state index is 14.9. The van der Waals surface area contributed by atoms with Gasteiger partial charge in [0.25, 0.3) is 5.91 Å². The number of ketones is 1. The fourth-order valence-electron chi connectivity index (χ4n) is 9.50. The number of nitrogens with zero attached hydrogens (tertiary/aromatic N) is 1. The third-order valence-corrected chi connectivity index (χ3v) is 16.4. The molecule has 1 heterocycles. The number of urea groups is 1. The van der Waals surface area contributed by atoms with Crippen molar-refractivity contribution in [2.24, 2.45) is 28.6 Å². The van der Waals surface area contributed by atoms with Crippen LogP contribution in [0.1, 0.15) is 138 Å². The Labute approximate surface area is 310 Å². The van der Waals surface area contributed by atoms with E-state index in [1.807, 2.05) is 6.92 Å². The molecule has 13 heteroatoms. The molecule has 0 aromatic heterocycles. The highest BCUT2D eigenvalue weighted by molar-refractivity contribution is 7.92. The fourth-order valence-corrected chi connectivity index (χ4v) is 11.0. The highest BCUT2D eigenvalue weighted by atomic mass is 32.2. The smallest absolute Gasteiger partial charge is 0.315 e. The third-order valence-electron chi connectivity index (χ3n) is 13.6. The van der Waals surface area contributed by atoms with E-state index in [-0.39, 0.29) is 40.9 Å². The first kappa shape index (κ1) is 39.0. The zero-order chi connectivity index (χ0) is 37.9. The van der Waals surface area contributed by atoms with E-state index in [2.05, 4.69) is 35.1 Å². The zero-order valence-electron chi connectivity index (χ0n) is 32.3. The molecule has 12 nitrogen and oxygen atoms in total. The molecule has 5 saturated carbocycles. The average Bonchev–Trinajstić information content (AvgIpc) is 4.02. The standard InChI is InChI=1S/C39H63N5O7S/c1-36(2,3)52(50,51)23-39(19-11-8-12-20-39)43-35(49)42-31(38(6)17-9-7-10-18-38)34(48)44-22-26-28(37(26,4)5)29(44)32(46)41-27(21-24-13-14-24)30(45)33(47)40-25-15-16-25/h24-29,31H,7-23H2,1-6H3,(H,40,47)(H,41,46)(H2,42,43,49)/t26-,27?,28?,29-,31+/m0/s1. The van der Waals surface area contributed by atoms with Crippen molar-refractivity contribution in [3.8, 4) is 0 Å². The van der Waals surface area contributed by atoms with Gasteiger partial charge in [-0.1, -0.05) is 72.1 Å². The number of likely N-dealkylation sites (tertiary alicyclic amines) is 1. The molecule has 0 aromatic carbocycles. The van der Waals surface area contributed by atoms with Crippen molar-refractivity contribution in [2.45, 2.75) is 172 Å². The first-order valence-electron chi connectivity index (χ1n) is 20.0. The van der Waals surface area contributed by atoms with Crippen LogP contribution in [0.25, 0.3) is 0 Å². The van der Waals surface area contributed by atoms with Gasteiger partial charge in [0.1, 0.15) is 12.1 Å². The lowest BCUT2D eigenvalue weighted by Crippen LogP contribution is -2.65. The van der Waals surface area contributed by atoms with Gasteiger partial charge in [-0.3, -0.25) is 19.2 Å². The van der Waals surface area contributed by atoms with E-state index in [1.54, 1.807) is 25.7 Å². The second-order valence-electron chi connectivity index (χ2n) is 19.2. The molecule has 2 unspecified atom stereocenters. The van der Waals surface area contributed by atoms with E-state index >= 15 is 0 Å². The van der Waals surface area contributed by atoms with Crippen molar-refractivity contribution < 1.29 is 32.4 Å². The van der Waals surface area contributed by atoms with Gasteiger partial charge in [-0.25, -0.2) is 13.2 Å². The highest BCUT2D eigenvalue weighted by Gasteiger charge is 2.70. The number of sulfone groups is 1. The van der Waals surface area contributed by atoms with Crippen LogP contribution in [0.2, 0.25) is 0 Å². The lowest BCUT2D eigenvalue weighted by Gasteiger charge is -2.44. The quantitative estimate of drug-likeness (QED) is 0.205. The summed E-state index contributed by atoms with van der Waals surface area (Å²) >= 11 is 0. The van der Waals surface area contributed by atoms with Crippen LogP contribution in [0, 0.1) is 28.6 Å². The summed E-state index contributed by atoms with van der Waals surface area (Å²) in [5.74, 6) is -1.96. The second-order valence-corrected chi connectivity index (χ2v) is 21.9. The minimum Gasteiger partial charge on any atom is -0.347 e. The number of fused-ring (bicyclic) bond motifs is 1. The van der Waals surface area contributed by atoms with Gasteiger partial charge < -0.3 is 26.2 Å². The molecule has 6 fully saturated rings. The molecule has 5 amide bonds. The molecule has 6 rings (SSSR count). The van der Waals surface area contributed by atoms with Crippen LogP contribution in [-0.2, 0) is 29.0 Å². The fraction of sp³-hybridized carbons (Fsp3) is 0.872. The van der Waals surface area contributed by atoms with Crippen molar-refractivity contribution in [3.63, 3.8) is 0 Å². The Morgan fingerprint density at radius 2 is 1.42 bits per heavy atom. The third kappa shape index (κ3) is 8.19. The molecule has 4 N–H and O–H groups in total. The molecule has 52 heavy (non-hydrogen) atoms. The summed E-state index contributed by atoms with van der Waals surface area (Å²) in [6.07, 6.45) is 12.0. The Morgan fingerprint density at radius 1 is 0.827 bits per heavy atom. The van der Waals surface area contributed by atoms with E-state index < -0.39 is 67.3 Å². The maximum Gasteiger partial charge on any atom is 0.315 e. The van der Waals surface area contributed by atoms with Crippen LogP contribution in [-0.4, -0.2) is 89.6 Å². The van der Waals surface area contributed by atoms with Crippen molar-refractivity contribution >= 4 is 39.4 Å². The first-order chi connectivity index (χ1) is 24.3. The molecule has 0 aromatic rings. The number of carbonyl (C=O) groups excluding carboxylic acids is 5. The van der Waals surface area contributed by atoms with Crippen molar-refractivity contribution in [1.82, 2.24) is 26.2 Å². The number of amides is 5. The molecule has 6 aliphatic rings. The van der Waals surface area contributed by atoms with E-state index in [0.717, 1.165) is 77.0 Å². The van der Waals surface area contributed by atoms with Crippen molar-refractivity contribution in [3.05, 3.63) is 0 Å². The Bertz CT molecular complexity index is 1530. The molecule has 0 spiro atoms. The van der Waals surface area contributed by atoms with Crippen LogP contribution in [0.5, 0.6) is 0 Å². The largest absolute Gasteiger partial charge is 0.347 e. The van der Waals surface area contributed by atoms with Crippen LogP contribution >= 0.6 is 0 Å². The van der Waals surface area contributed by atoms with E-state index in [1.165, 1.54) is 0 Å². The normalized spacial score (nSPS) is 28.8. The molecular formula is C39H63N5O7S. The number of Topliss-reactive ketones (excluding diaryl/α,β-unsaturated/α-hetero) is 1. The first-order valence-corrected chi connectivity index (χ1v) is 21.7. The summed E-state index contributed by atoms with van der Waals surface area (Å²) in [5.41, 5.74) is -1.69. The number of nitrogens with one attached hydrogen (secondary N) is 4. The van der Waals surface area contributed by atoms with Crippen molar-refractivity contribution in [2.75, 3.05) is 12.3 Å². The molecule has 0 radical (unpaired) electrons. The van der Waals surface area contributed by atoms with Gasteiger partial charge in [-0.15, -0.1) is 0 Å². The summed E-state index contributed by atoms with van der Waals surface area (Å²) in [6.45, 7) is 11.6. The number of carbonyl (C=O) groups is 5. The van der Waals surface area contributed by atoms with Gasteiger partial charge in [0.15, 0.2) is 9.84 Å². The van der Waals surface area contributed by atoms with Crippen LogP contribution in [0.15, 0.2) is 0 Å². The molecule has 5 aliphatic carbocycles. The van der Waals surface area contributed by atoms with Gasteiger partial charge in [0.05, 0.1) is 22.1 Å². The zero-order valence-corrected chi connectivity index (χ0v) is 33.1. The molecular weight excluding hydrogens is 683 g/mol. The highest BCUT2D eigenvalue weighted by Crippen LogP contribution is 2.65. The molecule has 0 bridgehead atoms. The van der Waals surface area contributed by atoms with E-state index in [0.29, 0.717) is 25.8 Å². The van der Waals surface area contributed by atoms with Gasteiger partial charge in [0.2, 0.25) is 17.6 Å². The minimum absolute atomic E-state index is 0.0170. The van der Waals surface area contributed by atoms with Gasteiger partial charge in [-0.05, 0) is 94.3 Å². The number of rotatable bonds is 13. The molecule has 292 valence electrons. The topological polar surface area (TPSA) is 171 Å². The summed E-state index contributed by atoms with van der Waals surface area (Å²) in [5, 5.41) is 11.9. The number of hydrogen-bond donors (Lipinski definition) is 4. The Balaban J connectivity index is 1.24. The summed E-state index contributed by atoms with van der Waals surface area (Å²) in [7, 11) is -3.56. The lowest BCUT2D eigenvalue weighted by molar-refractivity contribution is -0.146. The van der Waals surface area contributed by atoms with E-state index in [9.17, 15) is 32.4 Å². The predicted octanol–water partition coefficient (Wildman–Crippen LogP) is 4.16. The Hall–Kier alpha value is -2.70. The molecule has 5 atom stereocenters. The van der Waals surface area contributed by atoms with Gasteiger partial charge >= 0.3 is 6.03 Å². The summed E-state index contributed by atoms with van der Waals surface area (Å²) < 4.78 is 25.9. The number of piperidine rings is 1. The Kier molecular flexibility index (Phi) is 10.6. The van der Waals surface area contributed by atoms with Gasteiger partial charge in [-0.2, -0.15) is 0 Å². The van der Waals surface area contributed by atoms with Crippen molar-refractivity contribution in [1.29, 1.82) is 0 Å². The monoisotopic (exact) mass is 745 g/mol. The van der Waals surface area contributed by atoms with E-state index in [4.69, 9.17) is 0 Å². The molecule has 1 aliphatic heterocycles. The van der Waals surface area contributed by atoms with Crippen LogP contribution < -0.4 is 21.3 Å². The molecule has 1 saturated heterocycles. The lowest BCUT2D eigenvalue weighted by atomic mass is 9.70. The SMILES string of the molecule is CC1([C@H](NC(=O)NC2(CS(=O)(=O)C(C)(C)C)CCCCC2)C(=O)N2C[C@H]3C([C@H]2C(=O)NC(CC2CC2)C(=O)C(=O)NC2CC2)C3(C)C)CCCCC1. The minimum atomic E-state index is -3.56. The average molecular weight is 746 g/mol. The number of hydrogen-bond acceptors (Lipinski definition) is 7. The second kappa shape index (κ2) is 14.2. The summed E-state index contributed by atoms with van der Waals surface area (Å²) in [6, 6.07) is -3.27. The predicted molar refractivity (Wildman–Crippen MR) is 198 cm³/mol. The summed E-state index contributed by atoms with van der Waals surface area (Å²) in [4.78, 5) is 71.2. The van der Waals surface area contributed by atoms with Crippen LogP contribution in [0.4, 0.5) is 4.79 Å². The van der Waals surface area contributed by atoms with Crippen LogP contribution in [0.3, 0.4) is 0 Å². The maximum atomic E-state index is 14.9. The van der Waals surface area contributed by atoms with Gasteiger partial charge in [0, 0.05) is 12.6 Å². The Morgan fingerprint density at radius 3 is 1.98 bits per heavy atom.